The average molecular weight is 411 g/mol. The highest BCUT2D eigenvalue weighted by molar-refractivity contribution is 14.1. The molecule has 0 fully saturated rings. The summed E-state index contributed by atoms with van der Waals surface area (Å²) in [6.07, 6.45) is 0.0510. The third kappa shape index (κ3) is 4.62. The van der Waals surface area contributed by atoms with Crippen LogP contribution in [-0.2, 0) is 4.79 Å². The third-order valence-electron chi connectivity index (χ3n) is 3.11. The van der Waals surface area contributed by atoms with Crippen molar-refractivity contribution in [2.75, 3.05) is 12.4 Å². The minimum absolute atomic E-state index is 0.153. The number of carbonyl (C=O) groups is 1. The zero-order chi connectivity index (χ0) is 15.9. The average Bonchev–Trinajstić information content (AvgIpc) is 2.55. The summed E-state index contributed by atoms with van der Waals surface area (Å²) in [5.74, 6) is 1.24. The van der Waals surface area contributed by atoms with Crippen molar-refractivity contribution in [3.05, 3.63) is 52.1 Å². The standard InChI is InChI=1S/C17H18INO3/c1-3-16(22-15-10-8-14(21-2)9-11-15)17(20)19-13-6-4-12(18)5-7-13/h4-11,16H,3H2,1-2H3,(H,19,20). The van der Waals surface area contributed by atoms with Crippen molar-refractivity contribution < 1.29 is 14.3 Å². The van der Waals surface area contributed by atoms with Gasteiger partial charge in [0.25, 0.3) is 5.91 Å². The van der Waals surface area contributed by atoms with Crippen LogP contribution in [-0.4, -0.2) is 19.1 Å². The third-order valence-corrected chi connectivity index (χ3v) is 3.83. The summed E-state index contributed by atoms with van der Waals surface area (Å²) in [5.41, 5.74) is 0.766. The van der Waals surface area contributed by atoms with Crippen molar-refractivity contribution in [1.29, 1.82) is 0 Å². The second-order valence-corrected chi connectivity index (χ2v) is 5.93. The van der Waals surface area contributed by atoms with E-state index in [0.29, 0.717) is 12.2 Å². The molecule has 0 spiro atoms. The summed E-state index contributed by atoms with van der Waals surface area (Å²) in [6, 6.07) is 14.8. The smallest absolute Gasteiger partial charge is 0.265 e. The molecule has 0 bridgehead atoms. The van der Waals surface area contributed by atoms with E-state index in [1.807, 2.05) is 31.2 Å². The van der Waals surface area contributed by atoms with Crippen LogP contribution in [0.15, 0.2) is 48.5 Å². The van der Waals surface area contributed by atoms with Gasteiger partial charge in [-0.3, -0.25) is 4.79 Å². The molecule has 0 heterocycles. The molecular weight excluding hydrogens is 393 g/mol. The molecule has 1 unspecified atom stereocenters. The number of halogens is 1. The number of rotatable bonds is 6. The number of hydrogen-bond donors (Lipinski definition) is 1. The molecule has 116 valence electrons. The van der Waals surface area contributed by atoms with E-state index in [2.05, 4.69) is 27.9 Å². The number of ether oxygens (including phenoxy) is 2. The lowest BCUT2D eigenvalue weighted by molar-refractivity contribution is -0.122. The van der Waals surface area contributed by atoms with E-state index in [1.165, 1.54) is 0 Å². The number of amides is 1. The van der Waals surface area contributed by atoms with Crippen LogP contribution in [0, 0.1) is 3.57 Å². The molecule has 1 N–H and O–H groups in total. The molecule has 2 aromatic carbocycles. The van der Waals surface area contributed by atoms with Gasteiger partial charge in [0.15, 0.2) is 6.10 Å². The lowest BCUT2D eigenvalue weighted by atomic mass is 10.2. The molecule has 5 heteroatoms. The van der Waals surface area contributed by atoms with E-state index in [-0.39, 0.29) is 5.91 Å². The fraction of sp³-hybridized carbons (Fsp3) is 0.235. The molecule has 2 aromatic rings. The van der Waals surface area contributed by atoms with Crippen LogP contribution in [0.25, 0.3) is 0 Å². The Labute approximate surface area is 144 Å². The Morgan fingerprint density at radius 1 is 1.09 bits per heavy atom. The first-order valence-electron chi connectivity index (χ1n) is 6.99. The van der Waals surface area contributed by atoms with Crippen molar-refractivity contribution in [3.63, 3.8) is 0 Å². The maximum absolute atomic E-state index is 12.3. The van der Waals surface area contributed by atoms with Crippen molar-refractivity contribution in [2.24, 2.45) is 0 Å². The summed E-state index contributed by atoms with van der Waals surface area (Å²) < 4.78 is 12.0. The first-order chi connectivity index (χ1) is 10.6. The van der Waals surface area contributed by atoms with Gasteiger partial charge in [-0.2, -0.15) is 0 Å². The summed E-state index contributed by atoms with van der Waals surface area (Å²) in [7, 11) is 1.61. The van der Waals surface area contributed by atoms with E-state index >= 15 is 0 Å². The molecule has 0 radical (unpaired) electrons. The highest BCUT2D eigenvalue weighted by Gasteiger charge is 2.18. The molecule has 0 aliphatic rings. The zero-order valence-electron chi connectivity index (χ0n) is 12.5. The summed E-state index contributed by atoms with van der Waals surface area (Å²) in [6.45, 7) is 1.92. The Morgan fingerprint density at radius 3 is 2.23 bits per heavy atom. The Balaban J connectivity index is 2.00. The SMILES string of the molecule is CCC(Oc1ccc(OC)cc1)C(=O)Nc1ccc(I)cc1. The maximum atomic E-state index is 12.3. The molecule has 1 atom stereocenters. The van der Waals surface area contributed by atoms with Crippen LogP contribution in [0.1, 0.15) is 13.3 Å². The topological polar surface area (TPSA) is 47.6 Å². The zero-order valence-corrected chi connectivity index (χ0v) is 14.7. The quantitative estimate of drug-likeness (QED) is 0.729. The summed E-state index contributed by atoms with van der Waals surface area (Å²) in [4.78, 5) is 12.3. The Bertz CT molecular complexity index is 611. The summed E-state index contributed by atoms with van der Waals surface area (Å²) >= 11 is 2.22. The number of hydrogen-bond acceptors (Lipinski definition) is 3. The predicted octanol–water partition coefficient (Wildman–Crippen LogP) is 4.10. The van der Waals surface area contributed by atoms with Gasteiger partial charge in [0.2, 0.25) is 0 Å². The molecule has 4 nitrogen and oxygen atoms in total. The normalized spacial score (nSPS) is 11.6. The monoisotopic (exact) mass is 411 g/mol. The molecule has 1 amide bonds. The largest absolute Gasteiger partial charge is 0.497 e. The molecule has 0 saturated carbocycles. The van der Waals surface area contributed by atoms with E-state index in [4.69, 9.17) is 9.47 Å². The molecule has 22 heavy (non-hydrogen) atoms. The Hall–Kier alpha value is -1.76. The van der Waals surface area contributed by atoms with Crippen LogP contribution in [0.4, 0.5) is 5.69 Å². The van der Waals surface area contributed by atoms with E-state index in [1.54, 1.807) is 31.4 Å². The molecule has 0 saturated heterocycles. The highest BCUT2D eigenvalue weighted by Crippen LogP contribution is 2.19. The number of anilines is 1. The number of nitrogens with one attached hydrogen (secondary N) is 1. The minimum Gasteiger partial charge on any atom is -0.497 e. The highest BCUT2D eigenvalue weighted by atomic mass is 127. The second-order valence-electron chi connectivity index (χ2n) is 4.69. The van der Waals surface area contributed by atoms with Crippen LogP contribution in [0.2, 0.25) is 0 Å². The molecule has 2 rings (SSSR count). The first-order valence-corrected chi connectivity index (χ1v) is 8.07. The maximum Gasteiger partial charge on any atom is 0.265 e. The van der Waals surface area contributed by atoms with Gasteiger partial charge in [-0.1, -0.05) is 6.92 Å². The molecule has 0 aliphatic heterocycles. The fourth-order valence-corrected chi connectivity index (χ4v) is 2.26. The Kier molecular flexibility index (Phi) is 6.06. The first kappa shape index (κ1) is 16.6. The van der Waals surface area contributed by atoms with Gasteiger partial charge in [0, 0.05) is 9.26 Å². The fourth-order valence-electron chi connectivity index (χ4n) is 1.90. The van der Waals surface area contributed by atoms with Gasteiger partial charge in [0.05, 0.1) is 7.11 Å². The second kappa shape index (κ2) is 8.03. The van der Waals surface area contributed by atoms with Crippen molar-refractivity contribution in [2.45, 2.75) is 19.4 Å². The number of methoxy groups -OCH3 is 1. The van der Waals surface area contributed by atoms with Crippen molar-refractivity contribution in [3.8, 4) is 11.5 Å². The van der Waals surface area contributed by atoms with Crippen LogP contribution >= 0.6 is 22.6 Å². The number of carbonyl (C=O) groups excluding carboxylic acids is 1. The van der Waals surface area contributed by atoms with E-state index < -0.39 is 6.10 Å². The van der Waals surface area contributed by atoms with E-state index in [0.717, 1.165) is 15.0 Å². The predicted molar refractivity (Wildman–Crippen MR) is 95.5 cm³/mol. The lowest BCUT2D eigenvalue weighted by Crippen LogP contribution is -2.32. The van der Waals surface area contributed by atoms with Gasteiger partial charge >= 0.3 is 0 Å². The summed E-state index contributed by atoms with van der Waals surface area (Å²) in [5, 5.41) is 2.87. The van der Waals surface area contributed by atoms with Crippen molar-refractivity contribution >= 4 is 34.2 Å². The molecular formula is C17H18INO3. The van der Waals surface area contributed by atoms with Crippen LogP contribution < -0.4 is 14.8 Å². The van der Waals surface area contributed by atoms with Gasteiger partial charge in [-0.05, 0) is 77.5 Å². The van der Waals surface area contributed by atoms with Gasteiger partial charge in [-0.15, -0.1) is 0 Å². The van der Waals surface area contributed by atoms with Gasteiger partial charge in [-0.25, -0.2) is 0 Å². The molecule has 0 aromatic heterocycles. The van der Waals surface area contributed by atoms with Crippen LogP contribution in [0.3, 0.4) is 0 Å². The Morgan fingerprint density at radius 2 is 1.68 bits per heavy atom. The lowest BCUT2D eigenvalue weighted by Gasteiger charge is -2.17. The molecule has 0 aliphatic carbocycles. The van der Waals surface area contributed by atoms with Crippen LogP contribution in [0.5, 0.6) is 11.5 Å². The van der Waals surface area contributed by atoms with Gasteiger partial charge < -0.3 is 14.8 Å². The number of benzene rings is 2. The van der Waals surface area contributed by atoms with Gasteiger partial charge in [0.1, 0.15) is 11.5 Å². The van der Waals surface area contributed by atoms with Crippen molar-refractivity contribution in [1.82, 2.24) is 0 Å². The minimum atomic E-state index is -0.535. The van der Waals surface area contributed by atoms with E-state index in [9.17, 15) is 4.79 Å².